The van der Waals surface area contributed by atoms with Gasteiger partial charge in [-0.2, -0.15) is 0 Å². The Hall–Kier alpha value is -1.42. The molecule has 1 heterocycles. The fourth-order valence-electron chi connectivity index (χ4n) is 3.35. The van der Waals surface area contributed by atoms with Crippen LogP contribution in [-0.2, 0) is 11.2 Å². The lowest BCUT2D eigenvalue weighted by Gasteiger charge is -2.30. The summed E-state index contributed by atoms with van der Waals surface area (Å²) in [6, 6.07) is 4.04. The van der Waals surface area contributed by atoms with Gasteiger partial charge in [0.2, 0.25) is 5.91 Å². The molecule has 0 aromatic carbocycles. The van der Waals surface area contributed by atoms with Crippen LogP contribution in [0, 0.1) is 11.8 Å². The number of hydrogen-bond acceptors (Lipinski definition) is 3. The summed E-state index contributed by atoms with van der Waals surface area (Å²) in [7, 11) is 0. The van der Waals surface area contributed by atoms with E-state index < -0.39 is 0 Å². The minimum atomic E-state index is -0.180. The first kappa shape index (κ1) is 16.0. The van der Waals surface area contributed by atoms with Crippen molar-refractivity contribution in [3.05, 3.63) is 30.1 Å². The normalized spacial score (nSPS) is 23.7. The topological polar surface area (TPSA) is 76.2 Å². The fraction of sp³-hybridized carbons (Fsp3) is 0.647. The molecule has 1 aromatic heterocycles. The summed E-state index contributed by atoms with van der Waals surface area (Å²) < 4.78 is 0. The van der Waals surface area contributed by atoms with Crippen molar-refractivity contribution < 1.29 is 9.90 Å². The van der Waals surface area contributed by atoms with Crippen LogP contribution in [0.2, 0.25) is 0 Å². The van der Waals surface area contributed by atoms with Gasteiger partial charge in [-0.1, -0.05) is 12.5 Å². The van der Waals surface area contributed by atoms with Gasteiger partial charge in [0.05, 0.1) is 6.10 Å². The number of nitrogens with two attached hydrogens (primary N) is 1. The standard InChI is InChI=1S/C17H26N2O2/c18-17(21)16(14-7-9-15(20)10-8-14)6-2-1-4-13-5-3-11-19-12-13/h3,5,11-12,14-16,20H,1-2,4,6-10H2,(H2,18,21). The lowest BCUT2D eigenvalue weighted by atomic mass is 9.76. The van der Waals surface area contributed by atoms with E-state index in [0.717, 1.165) is 51.4 Å². The number of unbranched alkanes of at least 4 members (excludes halogenated alkanes) is 1. The SMILES string of the molecule is NC(=O)C(CCCCc1cccnc1)C1CCC(O)CC1. The predicted octanol–water partition coefficient (Wildman–Crippen LogP) is 2.45. The number of aryl methyl sites for hydroxylation is 1. The number of carbonyl (C=O) groups excluding carboxylic acids is 1. The summed E-state index contributed by atoms with van der Waals surface area (Å²) in [4.78, 5) is 15.8. The molecule has 1 saturated carbocycles. The van der Waals surface area contributed by atoms with Crippen LogP contribution < -0.4 is 5.73 Å². The summed E-state index contributed by atoms with van der Waals surface area (Å²) in [6.07, 6.45) is 10.9. The third kappa shape index (κ3) is 5.12. The first-order valence-electron chi connectivity index (χ1n) is 8.03. The molecule has 116 valence electrons. The molecular formula is C17H26N2O2. The smallest absolute Gasteiger partial charge is 0.220 e. The second kappa shape index (κ2) is 8.13. The second-order valence-corrected chi connectivity index (χ2v) is 6.18. The summed E-state index contributed by atoms with van der Waals surface area (Å²) in [5.41, 5.74) is 6.83. The Morgan fingerprint density at radius 1 is 1.33 bits per heavy atom. The van der Waals surface area contributed by atoms with Gasteiger partial charge in [-0.05, 0) is 62.5 Å². The van der Waals surface area contributed by atoms with Crippen LogP contribution in [-0.4, -0.2) is 22.1 Å². The zero-order valence-electron chi connectivity index (χ0n) is 12.6. The molecule has 4 heteroatoms. The minimum absolute atomic E-state index is 0.0219. The molecule has 1 aliphatic carbocycles. The van der Waals surface area contributed by atoms with E-state index in [1.807, 2.05) is 12.3 Å². The van der Waals surface area contributed by atoms with Crippen LogP contribution in [0.1, 0.15) is 50.5 Å². The molecule has 0 radical (unpaired) electrons. The van der Waals surface area contributed by atoms with E-state index in [1.54, 1.807) is 6.20 Å². The lowest BCUT2D eigenvalue weighted by Crippen LogP contribution is -2.33. The maximum Gasteiger partial charge on any atom is 0.220 e. The largest absolute Gasteiger partial charge is 0.393 e. The van der Waals surface area contributed by atoms with Gasteiger partial charge in [0.15, 0.2) is 0 Å². The molecule has 2 rings (SSSR count). The Morgan fingerprint density at radius 2 is 2.10 bits per heavy atom. The number of amides is 1. The van der Waals surface area contributed by atoms with Crippen molar-refractivity contribution in [2.24, 2.45) is 17.6 Å². The van der Waals surface area contributed by atoms with Crippen LogP contribution in [0.3, 0.4) is 0 Å². The average molecular weight is 290 g/mol. The molecule has 0 bridgehead atoms. The molecule has 3 N–H and O–H groups in total. The van der Waals surface area contributed by atoms with Crippen molar-refractivity contribution >= 4 is 5.91 Å². The molecule has 1 fully saturated rings. The molecule has 1 atom stereocenters. The maximum atomic E-state index is 11.7. The zero-order valence-corrected chi connectivity index (χ0v) is 12.6. The Labute approximate surface area is 126 Å². The van der Waals surface area contributed by atoms with Crippen LogP contribution in [0.4, 0.5) is 0 Å². The molecule has 1 aromatic rings. The monoisotopic (exact) mass is 290 g/mol. The number of rotatable bonds is 7. The highest BCUT2D eigenvalue weighted by atomic mass is 16.3. The van der Waals surface area contributed by atoms with E-state index in [4.69, 9.17) is 5.73 Å². The minimum Gasteiger partial charge on any atom is -0.393 e. The molecule has 1 aliphatic rings. The first-order valence-corrected chi connectivity index (χ1v) is 8.03. The van der Waals surface area contributed by atoms with Gasteiger partial charge in [0.25, 0.3) is 0 Å². The van der Waals surface area contributed by atoms with Gasteiger partial charge in [0, 0.05) is 18.3 Å². The average Bonchev–Trinajstić information content (AvgIpc) is 2.49. The van der Waals surface area contributed by atoms with Gasteiger partial charge >= 0.3 is 0 Å². The Balaban J connectivity index is 1.74. The van der Waals surface area contributed by atoms with Gasteiger partial charge < -0.3 is 10.8 Å². The van der Waals surface area contributed by atoms with Crippen molar-refractivity contribution in [2.45, 2.75) is 57.5 Å². The second-order valence-electron chi connectivity index (χ2n) is 6.18. The van der Waals surface area contributed by atoms with Crippen LogP contribution in [0.15, 0.2) is 24.5 Å². The van der Waals surface area contributed by atoms with E-state index in [-0.39, 0.29) is 17.9 Å². The number of pyridine rings is 1. The van der Waals surface area contributed by atoms with Crippen molar-refractivity contribution in [2.75, 3.05) is 0 Å². The lowest BCUT2D eigenvalue weighted by molar-refractivity contribution is -0.124. The Bertz CT molecular complexity index is 428. The van der Waals surface area contributed by atoms with Gasteiger partial charge in [-0.25, -0.2) is 0 Å². The van der Waals surface area contributed by atoms with E-state index >= 15 is 0 Å². The number of carbonyl (C=O) groups is 1. The predicted molar refractivity (Wildman–Crippen MR) is 82.4 cm³/mol. The third-order valence-corrected chi connectivity index (χ3v) is 4.63. The van der Waals surface area contributed by atoms with Gasteiger partial charge in [0.1, 0.15) is 0 Å². The van der Waals surface area contributed by atoms with E-state index in [9.17, 15) is 9.90 Å². The molecule has 0 saturated heterocycles. The van der Waals surface area contributed by atoms with E-state index in [1.165, 1.54) is 5.56 Å². The Morgan fingerprint density at radius 3 is 2.71 bits per heavy atom. The molecule has 1 amide bonds. The summed E-state index contributed by atoms with van der Waals surface area (Å²) in [6.45, 7) is 0. The van der Waals surface area contributed by atoms with Crippen molar-refractivity contribution in [1.82, 2.24) is 4.98 Å². The highest BCUT2D eigenvalue weighted by molar-refractivity contribution is 5.76. The maximum absolute atomic E-state index is 11.7. The molecule has 1 unspecified atom stereocenters. The summed E-state index contributed by atoms with van der Waals surface area (Å²) in [5.74, 6) is 0.174. The van der Waals surface area contributed by atoms with E-state index in [2.05, 4.69) is 11.1 Å². The quantitative estimate of drug-likeness (QED) is 0.757. The number of nitrogens with zero attached hydrogens (tertiary/aromatic N) is 1. The molecule has 4 nitrogen and oxygen atoms in total. The van der Waals surface area contributed by atoms with Crippen molar-refractivity contribution in [1.29, 1.82) is 0 Å². The summed E-state index contributed by atoms with van der Waals surface area (Å²) >= 11 is 0. The summed E-state index contributed by atoms with van der Waals surface area (Å²) in [5, 5.41) is 9.57. The number of aliphatic hydroxyl groups excluding tert-OH is 1. The van der Waals surface area contributed by atoms with Crippen molar-refractivity contribution in [3.63, 3.8) is 0 Å². The highest BCUT2D eigenvalue weighted by Crippen LogP contribution is 2.32. The zero-order chi connectivity index (χ0) is 15.1. The number of hydrogen-bond donors (Lipinski definition) is 2. The molecule has 0 spiro atoms. The van der Waals surface area contributed by atoms with Crippen LogP contribution in [0.5, 0.6) is 0 Å². The fourth-order valence-corrected chi connectivity index (χ4v) is 3.35. The van der Waals surface area contributed by atoms with Crippen LogP contribution >= 0.6 is 0 Å². The number of primary amides is 1. The molecular weight excluding hydrogens is 264 g/mol. The Kier molecular flexibility index (Phi) is 6.18. The highest BCUT2D eigenvalue weighted by Gasteiger charge is 2.29. The van der Waals surface area contributed by atoms with Gasteiger partial charge in [-0.15, -0.1) is 0 Å². The van der Waals surface area contributed by atoms with Crippen molar-refractivity contribution in [3.8, 4) is 0 Å². The van der Waals surface area contributed by atoms with Crippen LogP contribution in [0.25, 0.3) is 0 Å². The number of aliphatic hydroxyl groups is 1. The third-order valence-electron chi connectivity index (χ3n) is 4.63. The van der Waals surface area contributed by atoms with Gasteiger partial charge in [-0.3, -0.25) is 9.78 Å². The molecule has 0 aliphatic heterocycles. The van der Waals surface area contributed by atoms with E-state index in [0.29, 0.717) is 5.92 Å². The first-order chi connectivity index (χ1) is 10.2. The number of aromatic nitrogens is 1. The molecule has 21 heavy (non-hydrogen) atoms.